The molecular weight excluding hydrogens is 492 g/mol. The first-order valence-electron chi connectivity index (χ1n) is 10.9. The van der Waals surface area contributed by atoms with Crippen molar-refractivity contribution in [2.45, 2.75) is 36.8 Å². The quantitative estimate of drug-likeness (QED) is 0.156. The van der Waals surface area contributed by atoms with Gasteiger partial charge in [0.05, 0.1) is 6.10 Å². The van der Waals surface area contributed by atoms with Crippen LogP contribution in [0.25, 0.3) is 12.2 Å². The second-order valence-electron chi connectivity index (χ2n) is 8.23. The summed E-state index contributed by atoms with van der Waals surface area (Å²) in [7, 11) is 0. The highest BCUT2D eigenvalue weighted by atomic mass is 16.6. The molecule has 4 atom stereocenters. The van der Waals surface area contributed by atoms with Gasteiger partial charge in [-0.3, -0.25) is 0 Å². The van der Waals surface area contributed by atoms with Crippen LogP contribution < -0.4 is 0 Å². The normalized spacial score (nSPS) is 23.7. The van der Waals surface area contributed by atoms with E-state index in [0.717, 1.165) is 24.3 Å². The predicted octanol–water partition coefficient (Wildman–Crippen LogP) is 1.03. The Morgan fingerprint density at radius 2 is 1.32 bits per heavy atom. The number of aliphatic hydroxyl groups is 2. The van der Waals surface area contributed by atoms with Gasteiger partial charge in [0.2, 0.25) is 5.60 Å². The summed E-state index contributed by atoms with van der Waals surface area (Å²) in [6.45, 7) is 0. The lowest BCUT2D eigenvalue weighted by Crippen LogP contribution is -2.64. The summed E-state index contributed by atoms with van der Waals surface area (Å²) in [5, 5.41) is 68.5. The molecule has 0 amide bonds. The maximum atomic E-state index is 12.4. The fourth-order valence-electron chi connectivity index (χ4n) is 3.69. The number of carbonyl (C=O) groups excluding carboxylic acids is 2. The molecule has 37 heavy (non-hydrogen) atoms. The van der Waals surface area contributed by atoms with E-state index in [9.17, 15) is 50.1 Å². The third-order valence-corrected chi connectivity index (χ3v) is 5.70. The zero-order chi connectivity index (χ0) is 27.3. The van der Waals surface area contributed by atoms with Crippen LogP contribution in [0.1, 0.15) is 24.0 Å². The van der Waals surface area contributed by atoms with E-state index in [0.29, 0.717) is 5.56 Å². The zero-order valence-electron chi connectivity index (χ0n) is 19.1. The fraction of sp³-hybridized carbons (Fsp3) is 0.240. The first kappa shape index (κ1) is 27.0. The van der Waals surface area contributed by atoms with Gasteiger partial charge < -0.3 is 45.2 Å². The van der Waals surface area contributed by atoms with Crippen molar-refractivity contribution in [2.75, 3.05) is 0 Å². The van der Waals surface area contributed by atoms with Crippen LogP contribution in [-0.2, 0) is 23.9 Å². The van der Waals surface area contributed by atoms with Crippen LogP contribution in [0.4, 0.5) is 0 Å². The van der Waals surface area contributed by atoms with E-state index in [1.807, 2.05) is 0 Å². The van der Waals surface area contributed by atoms with Crippen molar-refractivity contribution in [1.29, 1.82) is 0 Å². The second kappa shape index (κ2) is 11.0. The lowest BCUT2D eigenvalue weighted by molar-refractivity contribution is -0.224. The van der Waals surface area contributed by atoms with Gasteiger partial charge in [0.15, 0.2) is 29.1 Å². The van der Waals surface area contributed by atoms with E-state index in [2.05, 4.69) is 0 Å². The molecule has 0 bridgehead atoms. The third-order valence-electron chi connectivity index (χ3n) is 5.70. The van der Waals surface area contributed by atoms with Crippen molar-refractivity contribution < 1.29 is 59.6 Å². The number of aliphatic hydroxyl groups excluding tert-OH is 2. The lowest BCUT2D eigenvalue weighted by Gasteiger charge is -2.42. The van der Waals surface area contributed by atoms with Crippen LogP contribution in [0.3, 0.4) is 0 Å². The molecule has 196 valence electrons. The summed E-state index contributed by atoms with van der Waals surface area (Å²) in [6, 6.07) is 7.39. The number of carbonyl (C=O) groups is 3. The topological polar surface area (TPSA) is 211 Å². The Morgan fingerprint density at radius 1 is 0.811 bits per heavy atom. The van der Waals surface area contributed by atoms with Gasteiger partial charge in [-0.1, -0.05) is 12.1 Å². The van der Waals surface area contributed by atoms with Crippen molar-refractivity contribution in [2.24, 2.45) is 0 Å². The van der Waals surface area contributed by atoms with Crippen LogP contribution in [0.5, 0.6) is 23.0 Å². The number of aliphatic carboxylic acids is 1. The van der Waals surface area contributed by atoms with Crippen molar-refractivity contribution in [3.8, 4) is 23.0 Å². The molecular formula is C25H24O12. The largest absolute Gasteiger partial charge is 0.504 e. The monoisotopic (exact) mass is 516 g/mol. The minimum absolute atomic E-state index is 0.275. The Morgan fingerprint density at radius 3 is 1.81 bits per heavy atom. The minimum Gasteiger partial charge on any atom is -0.504 e. The summed E-state index contributed by atoms with van der Waals surface area (Å²) in [6.07, 6.45) is -2.04. The molecule has 1 aliphatic carbocycles. The Hall–Kier alpha value is -4.55. The summed E-state index contributed by atoms with van der Waals surface area (Å²) < 4.78 is 10.2. The number of aromatic hydroxyl groups is 4. The molecule has 0 unspecified atom stereocenters. The molecule has 12 heteroatoms. The van der Waals surface area contributed by atoms with Crippen molar-refractivity contribution >= 4 is 30.1 Å². The van der Waals surface area contributed by atoms with Crippen LogP contribution in [-0.4, -0.2) is 77.6 Å². The van der Waals surface area contributed by atoms with Crippen LogP contribution in [0, 0.1) is 0 Å². The van der Waals surface area contributed by atoms with Gasteiger partial charge in [-0.05, 0) is 54.0 Å². The van der Waals surface area contributed by atoms with E-state index in [4.69, 9.17) is 9.47 Å². The number of ether oxygens (including phenoxy) is 2. The van der Waals surface area contributed by atoms with E-state index >= 15 is 0 Å². The number of phenols is 4. The van der Waals surface area contributed by atoms with Gasteiger partial charge in [0, 0.05) is 18.6 Å². The molecule has 1 aliphatic rings. The standard InChI is InChI=1S/C25H24O12/c26-15-5-1-13(11-18(15)29)3-7-20(31)36-22-17(28)9-10-25(23(22)33,24(34)35)37-21(32)8-4-14-2-6-16(27)19(30)12-14/h1-8,11-12,17,22-23,26-30,33H,9-10H2,(H,34,35)/b7-3+,8-4+/t17-,22+,23-,25-/m1/s1. The SMILES string of the molecule is O=C(/C=C/c1ccc(O)c(O)c1)O[C@H]1[C@H](O)CC[C@](OC(=O)/C=C/c2ccc(O)c(O)c2)(C(=O)O)[C@@H]1O. The molecule has 0 aliphatic heterocycles. The molecule has 0 radical (unpaired) electrons. The maximum Gasteiger partial charge on any atom is 0.351 e. The van der Waals surface area contributed by atoms with E-state index in [-0.39, 0.29) is 23.5 Å². The Labute approximate surface area is 209 Å². The molecule has 12 nitrogen and oxygen atoms in total. The number of hydrogen-bond acceptors (Lipinski definition) is 11. The molecule has 0 heterocycles. The second-order valence-corrected chi connectivity index (χ2v) is 8.23. The molecule has 2 aromatic rings. The first-order valence-corrected chi connectivity index (χ1v) is 10.9. The highest BCUT2D eigenvalue weighted by Gasteiger charge is 2.58. The maximum absolute atomic E-state index is 12.4. The minimum atomic E-state index is -2.55. The lowest BCUT2D eigenvalue weighted by atomic mass is 9.78. The zero-order valence-corrected chi connectivity index (χ0v) is 19.1. The van der Waals surface area contributed by atoms with Gasteiger partial charge in [0.1, 0.15) is 6.10 Å². The molecule has 1 fully saturated rings. The number of rotatable bonds is 7. The Kier molecular flexibility index (Phi) is 8.05. The van der Waals surface area contributed by atoms with Gasteiger partial charge in [-0.2, -0.15) is 0 Å². The molecule has 0 saturated heterocycles. The molecule has 0 aromatic heterocycles. The predicted molar refractivity (Wildman–Crippen MR) is 125 cm³/mol. The number of carboxylic acids is 1. The summed E-state index contributed by atoms with van der Waals surface area (Å²) in [5.74, 6) is -5.62. The number of phenolic OH excluding ortho intramolecular Hbond substituents is 4. The summed E-state index contributed by atoms with van der Waals surface area (Å²) >= 11 is 0. The number of esters is 2. The smallest absolute Gasteiger partial charge is 0.351 e. The summed E-state index contributed by atoms with van der Waals surface area (Å²) in [5.41, 5.74) is -1.97. The van der Waals surface area contributed by atoms with E-state index in [1.54, 1.807) is 0 Å². The molecule has 0 spiro atoms. The van der Waals surface area contributed by atoms with Crippen LogP contribution in [0.15, 0.2) is 48.6 Å². The van der Waals surface area contributed by atoms with Crippen LogP contribution >= 0.6 is 0 Å². The van der Waals surface area contributed by atoms with Gasteiger partial charge >= 0.3 is 17.9 Å². The number of benzene rings is 2. The first-order chi connectivity index (χ1) is 17.4. The van der Waals surface area contributed by atoms with Crippen LogP contribution in [0.2, 0.25) is 0 Å². The molecule has 3 rings (SSSR count). The van der Waals surface area contributed by atoms with Crippen molar-refractivity contribution in [1.82, 2.24) is 0 Å². The average molecular weight is 516 g/mol. The fourth-order valence-corrected chi connectivity index (χ4v) is 3.69. The highest BCUT2D eigenvalue weighted by molar-refractivity contribution is 5.91. The van der Waals surface area contributed by atoms with Gasteiger partial charge in [0.25, 0.3) is 0 Å². The summed E-state index contributed by atoms with van der Waals surface area (Å²) in [4.78, 5) is 36.8. The molecule has 1 saturated carbocycles. The van der Waals surface area contributed by atoms with Crippen molar-refractivity contribution in [3.05, 3.63) is 59.7 Å². The third kappa shape index (κ3) is 6.18. The average Bonchev–Trinajstić information content (AvgIpc) is 2.85. The number of hydrogen-bond donors (Lipinski definition) is 7. The van der Waals surface area contributed by atoms with Gasteiger partial charge in [-0.15, -0.1) is 0 Å². The van der Waals surface area contributed by atoms with Crippen molar-refractivity contribution in [3.63, 3.8) is 0 Å². The molecule has 2 aromatic carbocycles. The highest BCUT2D eigenvalue weighted by Crippen LogP contribution is 2.35. The number of carboxylic acid groups (broad SMARTS) is 1. The van der Waals surface area contributed by atoms with Gasteiger partial charge in [-0.25, -0.2) is 14.4 Å². The Balaban J connectivity index is 1.74. The van der Waals surface area contributed by atoms with E-state index < -0.39 is 59.7 Å². The van der Waals surface area contributed by atoms with E-state index in [1.165, 1.54) is 36.4 Å². The molecule has 7 N–H and O–H groups in total. The Bertz CT molecular complexity index is 1250.